The molecule has 3 N–H and O–H groups in total. The number of fused-ring (bicyclic) bond motifs is 3. The minimum atomic E-state index is -0.0624. The van der Waals surface area contributed by atoms with Gasteiger partial charge in [-0.3, -0.25) is 0 Å². The fraction of sp³-hybridized carbons (Fsp3) is 0.333. The highest BCUT2D eigenvalue weighted by Crippen LogP contribution is 2.32. The number of aliphatic hydroxyl groups excluding tert-OH is 1. The smallest absolute Gasteiger partial charge is 0.151 e. The zero-order valence-electron chi connectivity index (χ0n) is 12.3. The van der Waals surface area contributed by atoms with Gasteiger partial charge in [0.2, 0.25) is 0 Å². The second kappa shape index (κ2) is 7.77. The average molecular weight is 291 g/mol. The summed E-state index contributed by atoms with van der Waals surface area (Å²) in [6, 6.07) is 7.79. The Balaban J connectivity index is 0.000000461. The Morgan fingerprint density at radius 2 is 1.75 bits per heavy atom. The van der Waals surface area contributed by atoms with Crippen LogP contribution in [0, 0.1) is 0 Å². The van der Waals surface area contributed by atoms with Gasteiger partial charge in [0.05, 0.1) is 16.8 Å². The van der Waals surface area contributed by atoms with Gasteiger partial charge in [0.1, 0.15) is 10.5 Å². The Kier molecular flexibility index (Phi) is 6.35. The van der Waals surface area contributed by atoms with Crippen LogP contribution >= 0.6 is 11.3 Å². The summed E-state index contributed by atoms with van der Waals surface area (Å²) >= 11 is 1.46. The predicted molar refractivity (Wildman–Crippen MR) is 88.0 cm³/mol. The lowest BCUT2D eigenvalue weighted by atomic mass is 10.2. The summed E-state index contributed by atoms with van der Waals surface area (Å²) in [4.78, 5) is 8.55. The lowest BCUT2D eigenvalue weighted by Gasteiger charge is -1.99. The molecule has 0 saturated heterocycles. The molecule has 108 valence electrons. The van der Waals surface area contributed by atoms with Crippen LogP contribution < -0.4 is 5.73 Å². The average Bonchev–Trinajstić information content (AvgIpc) is 2.97. The number of nitrogens with zero attached hydrogens (tertiary/aromatic N) is 2. The van der Waals surface area contributed by atoms with E-state index < -0.39 is 0 Å². The number of thiazole rings is 1. The highest BCUT2D eigenvalue weighted by atomic mass is 32.1. The van der Waals surface area contributed by atoms with Crippen molar-refractivity contribution in [2.45, 2.75) is 34.3 Å². The Labute approximate surface area is 123 Å². The molecule has 3 aromatic rings. The summed E-state index contributed by atoms with van der Waals surface area (Å²) in [7, 11) is 0. The molecular weight excluding hydrogens is 270 g/mol. The molecule has 0 radical (unpaired) electrons. The molecular formula is C15H21N3OS. The zero-order chi connectivity index (χ0) is 15.1. The van der Waals surface area contributed by atoms with E-state index in [1.54, 1.807) is 0 Å². The maximum atomic E-state index is 9.09. The lowest BCUT2D eigenvalue weighted by Crippen LogP contribution is -1.92. The number of nitrogens with two attached hydrogens (primary N) is 1. The van der Waals surface area contributed by atoms with Gasteiger partial charge in [0.15, 0.2) is 5.82 Å². The van der Waals surface area contributed by atoms with Crippen molar-refractivity contribution in [2.24, 2.45) is 0 Å². The van der Waals surface area contributed by atoms with Crippen molar-refractivity contribution in [2.75, 3.05) is 5.73 Å². The van der Waals surface area contributed by atoms with Gasteiger partial charge >= 0.3 is 0 Å². The topological polar surface area (TPSA) is 72.0 Å². The molecule has 5 heteroatoms. The number of aliphatic hydroxyl groups is 1. The summed E-state index contributed by atoms with van der Waals surface area (Å²) in [5.41, 5.74) is 7.39. The van der Waals surface area contributed by atoms with Gasteiger partial charge in [-0.05, 0) is 6.07 Å². The van der Waals surface area contributed by atoms with E-state index in [2.05, 4.69) is 9.97 Å². The molecule has 4 nitrogen and oxygen atoms in total. The van der Waals surface area contributed by atoms with Crippen LogP contribution in [0.5, 0.6) is 0 Å². The highest BCUT2D eigenvalue weighted by molar-refractivity contribution is 7.19. The quantitative estimate of drug-likeness (QED) is 0.711. The normalized spacial score (nSPS) is 9.65. The molecule has 20 heavy (non-hydrogen) atoms. The minimum Gasteiger partial charge on any atom is -0.389 e. The van der Waals surface area contributed by atoms with Crippen molar-refractivity contribution in [3.63, 3.8) is 0 Å². The molecule has 0 saturated carbocycles. The van der Waals surface area contributed by atoms with Crippen molar-refractivity contribution in [1.82, 2.24) is 9.97 Å². The molecule has 3 rings (SSSR count). The molecule has 0 aliphatic rings. The molecule has 1 aromatic carbocycles. The van der Waals surface area contributed by atoms with Gasteiger partial charge in [-0.25, -0.2) is 9.97 Å². The van der Waals surface area contributed by atoms with Crippen LogP contribution in [0.4, 0.5) is 5.82 Å². The number of para-hydroxylation sites is 1. The van der Waals surface area contributed by atoms with E-state index in [0.717, 1.165) is 15.6 Å². The first kappa shape index (κ1) is 16.3. The third-order valence-electron chi connectivity index (χ3n) is 2.44. The molecule has 0 spiro atoms. The predicted octanol–water partition coefficient (Wildman–Crippen LogP) is 3.97. The van der Waals surface area contributed by atoms with Crippen molar-refractivity contribution in [3.05, 3.63) is 29.3 Å². The van der Waals surface area contributed by atoms with Gasteiger partial charge in [-0.2, -0.15) is 0 Å². The number of rotatable bonds is 1. The van der Waals surface area contributed by atoms with Crippen molar-refractivity contribution < 1.29 is 5.11 Å². The minimum absolute atomic E-state index is 0.0624. The summed E-state index contributed by atoms with van der Waals surface area (Å²) in [5, 5.41) is 10.8. The SMILES string of the molecule is CC.CC.Nc1nc2ccccc2c2sc(CO)nc12. The summed E-state index contributed by atoms with van der Waals surface area (Å²) in [6.45, 7) is 7.94. The standard InChI is InChI=1S/C11H9N3OS.2C2H6/c12-11-9-10(16-8(5-15)14-9)6-3-1-2-4-7(6)13-11;2*1-2/h1-4,15H,5H2,(H2,12,13);2*1-2H3. The first-order valence-electron chi connectivity index (χ1n) is 6.84. The van der Waals surface area contributed by atoms with E-state index in [9.17, 15) is 0 Å². The van der Waals surface area contributed by atoms with Gasteiger partial charge in [-0.15, -0.1) is 11.3 Å². The van der Waals surface area contributed by atoms with E-state index in [4.69, 9.17) is 10.8 Å². The fourth-order valence-electron chi connectivity index (χ4n) is 1.73. The molecule has 0 bridgehead atoms. The van der Waals surface area contributed by atoms with Crippen molar-refractivity contribution in [1.29, 1.82) is 0 Å². The lowest BCUT2D eigenvalue weighted by molar-refractivity contribution is 0.281. The number of anilines is 1. The number of aromatic nitrogens is 2. The number of hydrogen-bond donors (Lipinski definition) is 2. The van der Waals surface area contributed by atoms with E-state index in [0.29, 0.717) is 16.3 Å². The number of pyridine rings is 1. The zero-order valence-corrected chi connectivity index (χ0v) is 13.2. The van der Waals surface area contributed by atoms with Crippen molar-refractivity contribution >= 4 is 38.3 Å². The van der Waals surface area contributed by atoms with E-state index >= 15 is 0 Å². The van der Waals surface area contributed by atoms with Gasteiger partial charge in [-0.1, -0.05) is 45.9 Å². The summed E-state index contributed by atoms with van der Waals surface area (Å²) in [6.07, 6.45) is 0. The molecule has 0 aliphatic carbocycles. The molecule has 2 heterocycles. The van der Waals surface area contributed by atoms with Gasteiger partial charge in [0.25, 0.3) is 0 Å². The van der Waals surface area contributed by atoms with Crippen LogP contribution in [0.1, 0.15) is 32.7 Å². The molecule has 0 fully saturated rings. The van der Waals surface area contributed by atoms with Crippen LogP contribution in [-0.4, -0.2) is 15.1 Å². The molecule has 2 aromatic heterocycles. The monoisotopic (exact) mass is 291 g/mol. The third-order valence-corrected chi connectivity index (χ3v) is 3.51. The van der Waals surface area contributed by atoms with Gasteiger partial charge in [0, 0.05) is 5.39 Å². The van der Waals surface area contributed by atoms with Gasteiger partial charge < -0.3 is 10.8 Å². The van der Waals surface area contributed by atoms with Crippen LogP contribution in [-0.2, 0) is 6.61 Å². The Hall–Kier alpha value is -1.72. The van der Waals surface area contributed by atoms with E-state index in [1.807, 2.05) is 52.0 Å². The largest absolute Gasteiger partial charge is 0.389 e. The summed E-state index contributed by atoms with van der Waals surface area (Å²) < 4.78 is 0.993. The van der Waals surface area contributed by atoms with Crippen LogP contribution in [0.25, 0.3) is 21.1 Å². The molecule has 0 unspecified atom stereocenters. The van der Waals surface area contributed by atoms with Crippen LogP contribution in [0.2, 0.25) is 0 Å². The van der Waals surface area contributed by atoms with Crippen LogP contribution in [0.3, 0.4) is 0 Å². The highest BCUT2D eigenvalue weighted by Gasteiger charge is 2.11. The molecule has 0 atom stereocenters. The third kappa shape index (κ3) is 3.05. The first-order valence-corrected chi connectivity index (χ1v) is 7.65. The Bertz CT molecular complexity index is 679. The Morgan fingerprint density at radius 1 is 1.10 bits per heavy atom. The fourth-order valence-corrected chi connectivity index (χ4v) is 2.70. The van der Waals surface area contributed by atoms with Crippen molar-refractivity contribution in [3.8, 4) is 0 Å². The second-order valence-electron chi connectivity index (χ2n) is 3.46. The summed E-state index contributed by atoms with van der Waals surface area (Å²) in [5.74, 6) is 0.421. The maximum absolute atomic E-state index is 9.09. The van der Waals surface area contributed by atoms with Crippen LogP contribution in [0.15, 0.2) is 24.3 Å². The first-order chi connectivity index (χ1) is 9.79. The second-order valence-corrected chi connectivity index (χ2v) is 4.54. The Morgan fingerprint density at radius 3 is 2.40 bits per heavy atom. The van der Waals surface area contributed by atoms with E-state index in [-0.39, 0.29) is 6.61 Å². The number of benzene rings is 1. The number of nitrogen functional groups attached to an aromatic ring is 1. The van der Waals surface area contributed by atoms with E-state index in [1.165, 1.54) is 11.3 Å². The maximum Gasteiger partial charge on any atom is 0.151 e. The number of hydrogen-bond acceptors (Lipinski definition) is 5. The molecule has 0 amide bonds. The molecule has 0 aliphatic heterocycles.